The Hall–Kier alpha value is -2.21. The molecule has 1 aromatic carbocycles. The second-order valence-electron chi connectivity index (χ2n) is 4.86. The van der Waals surface area contributed by atoms with Crippen LogP contribution in [0.15, 0.2) is 29.6 Å². The monoisotopic (exact) mass is 299 g/mol. The van der Waals surface area contributed by atoms with Gasteiger partial charge in [0.15, 0.2) is 0 Å². The van der Waals surface area contributed by atoms with Gasteiger partial charge < -0.3 is 10.6 Å². The number of aryl methyl sites for hydroxylation is 1. The van der Waals surface area contributed by atoms with Crippen molar-refractivity contribution in [3.05, 3.63) is 40.3 Å². The third-order valence-corrected chi connectivity index (χ3v) is 4.33. The smallest absolute Gasteiger partial charge is 0.224 e. The highest BCUT2D eigenvalue weighted by atomic mass is 32.1. The van der Waals surface area contributed by atoms with Crippen molar-refractivity contribution in [3.63, 3.8) is 0 Å². The van der Waals surface area contributed by atoms with Crippen LogP contribution >= 0.6 is 11.3 Å². The molecule has 3 rings (SSSR count). The number of para-hydroxylation sites is 1. The van der Waals surface area contributed by atoms with Crippen molar-refractivity contribution in [1.29, 1.82) is 0 Å². The number of hydrogen-bond acceptors (Lipinski definition) is 6. The number of anilines is 2. The lowest BCUT2D eigenvalue weighted by atomic mass is 10.2. The standard InChI is InChI=1S/C15H17N5S/c1-9-8-21-14(17-9)10(2)18-13-11-6-4-5-7-12(11)19-15(16-3)20-13/h4-8,10H,1-3H3,(H2,16,18,19,20). The van der Waals surface area contributed by atoms with Gasteiger partial charge in [-0.15, -0.1) is 11.3 Å². The summed E-state index contributed by atoms with van der Waals surface area (Å²) in [5, 5.41) is 10.6. The van der Waals surface area contributed by atoms with E-state index in [4.69, 9.17) is 0 Å². The molecule has 1 unspecified atom stereocenters. The minimum absolute atomic E-state index is 0.103. The van der Waals surface area contributed by atoms with E-state index >= 15 is 0 Å². The molecule has 2 aromatic heterocycles. The van der Waals surface area contributed by atoms with Crippen molar-refractivity contribution in [2.45, 2.75) is 19.9 Å². The second-order valence-corrected chi connectivity index (χ2v) is 5.75. The van der Waals surface area contributed by atoms with Crippen molar-refractivity contribution in [3.8, 4) is 0 Å². The van der Waals surface area contributed by atoms with Crippen molar-refractivity contribution in [2.24, 2.45) is 0 Å². The van der Waals surface area contributed by atoms with Crippen molar-refractivity contribution in [2.75, 3.05) is 17.7 Å². The molecule has 1 atom stereocenters. The first-order chi connectivity index (χ1) is 10.2. The molecule has 0 fully saturated rings. The molecular weight excluding hydrogens is 282 g/mol. The van der Waals surface area contributed by atoms with Gasteiger partial charge in [0.05, 0.1) is 11.6 Å². The molecule has 0 radical (unpaired) electrons. The maximum atomic E-state index is 4.54. The van der Waals surface area contributed by atoms with Gasteiger partial charge >= 0.3 is 0 Å². The maximum Gasteiger partial charge on any atom is 0.224 e. The highest BCUT2D eigenvalue weighted by Gasteiger charge is 2.13. The van der Waals surface area contributed by atoms with Crippen LogP contribution in [0.25, 0.3) is 10.9 Å². The molecule has 0 aliphatic rings. The van der Waals surface area contributed by atoms with Crippen LogP contribution in [-0.4, -0.2) is 22.0 Å². The van der Waals surface area contributed by atoms with Crippen LogP contribution in [0, 0.1) is 6.92 Å². The Balaban J connectivity index is 1.99. The average Bonchev–Trinajstić information content (AvgIpc) is 2.93. The molecule has 5 nitrogen and oxygen atoms in total. The van der Waals surface area contributed by atoms with Gasteiger partial charge in [-0.3, -0.25) is 0 Å². The lowest BCUT2D eigenvalue weighted by Gasteiger charge is -2.14. The summed E-state index contributed by atoms with van der Waals surface area (Å²) in [6, 6.07) is 8.09. The van der Waals surface area contributed by atoms with Crippen LogP contribution in [0.2, 0.25) is 0 Å². The fourth-order valence-corrected chi connectivity index (χ4v) is 2.94. The van der Waals surface area contributed by atoms with Crippen LogP contribution in [0.1, 0.15) is 23.7 Å². The molecule has 6 heteroatoms. The van der Waals surface area contributed by atoms with Crippen LogP contribution in [-0.2, 0) is 0 Å². The zero-order valence-corrected chi connectivity index (χ0v) is 13.0. The first-order valence-corrected chi connectivity index (χ1v) is 7.68. The SMILES string of the molecule is CNc1nc(NC(C)c2nc(C)cs2)c2ccccc2n1. The van der Waals surface area contributed by atoms with E-state index in [0.717, 1.165) is 27.4 Å². The minimum Gasteiger partial charge on any atom is -0.360 e. The number of hydrogen-bond donors (Lipinski definition) is 2. The van der Waals surface area contributed by atoms with Crippen molar-refractivity contribution in [1.82, 2.24) is 15.0 Å². The molecule has 0 spiro atoms. The van der Waals surface area contributed by atoms with Crippen LogP contribution in [0.5, 0.6) is 0 Å². The van der Waals surface area contributed by atoms with E-state index < -0.39 is 0 Å². The third kappa shape index (κ3) is 2.80. The Labute approximate surface area is 127 Å². The van der Waals surface area contributed by atoms with Gasteiger partial charge in [-0.1, -0.05) is 12.1 Å². The topological polar surface area (TPSA) is 62.7 Å². The summed E-state index contributed by atoms with van der Waals surface area (Å²) in [4.78, 5) is 13.5. The summed E-state index contributed by atoms with van der Waals surface area (Å²) < 4.78 is 0. The molecular formula is C15H17N5S. The molecule has 3 aromatic rings. The summed E-state index contributed by atoms with van der Waals surface area (Å²) in [5.41, 5.74) is 1.97. The van der Waals surface area contributed by atoms with Crippen molar-refractivity contribution >= 4 is 34.0 Å². The number of nitrogens with one attached hydrogen (secondary N) is 2. The molecule has 21 heavy (non-hydrogen) atoms. The van der Waals surface area contributed by atoms with Crippen LogP contribution < -0.4 is 10.6 Å². The largest absolute Gasteiger partial charge is 0.360 e. The van der Waals surface area contributed by atoms with Crippen LogP contribution in [0.4, 0.5) is 11.8 Å². The summed E-state index contributed by atoms with van der Waals surface area (Å²) in [6.45, 7) is 4.10. The normalized spacial score (nSPS) is 12.3. The lowest BCUT2D eigenvalue weighted by Crippen LogP contribution is -2.10. The van der Waals surface area contributed by atoms with E-state index in [1.807, 2.05) is 38.2 Å². The number of benzene rings is 1. The van der Waals surface area contributed by atoms with Crippen molar-refractivity contribution < 1.29 is 0 Å². The molecule has 2 N–H and O–H groups in total. The lowest BCUT2D eigenvalue weighted by molar-refractivity contribution is 0.857. The van der Waals surface area contributed by atoms with Gasteiger partial charge in [-0.2, -0.15) is 4.98 Å². The summed E-state index contributed by atoms with van der Waals surface area (Å²) >= 11 is 1.66. The molecule has 2 heterocycles. The zero-order valence-electron chi connectivity index (χ0n) is 12.2. The third-order valence-electron chi connectivity index (χ3n) is 3.19. The van der Waals surface area contributed by atoms with E-state index in [2.05, 4.69) is 37.9 Å². The fourth-order valence-electron chi connectivity index (χ4n) is 2.14. The molecule has 0 aliphatic heterocycles. The summed E-state index contributed by atoms with van der Waals surface area (Å²) in [5.74, 6) is 1.43. The van der Waals surface area contributed by atoms with Gasteiger partial charge in [0, 0.05) is 23.5 Å². The number of rotatable bonds is 4. The molecule has 0 saturated carbocycles. The van der Waals surface area contributed by atoms with Gasteiger partial charge in [-0.05, 0) is 26.0 Å². The number of fused-ring (bicyclic) bond motifs is 1. The van der Waals surface area contributed by atoms with Crippen LogP contribution in [0.3, 0.4) is 0 Å². The molecule has 0 saturated heterocycles. The molecule has 0 bridgehead atoms. The van der Waals surface area contributed by atoms with E-state index in [9.17, 15) is 0 Å². The van der Waals surface area contributed by atoms with Gasteiger partial charge in [0.2, 0.25) is 5.95 Å². The summed E-state index contributed by atoms with van der Waals surface area (Å²) in [7, 11) is 1.82. The maximum absolute atomic E-state index is 4.54. The first kappa shape index (κ1) is 13.8. The Kier molecular flexibility index (Phi) is 3.70. The highest BCUT2D eigenvalue weighted by molar-refractivity contribution is 7.09. The molecule has 0 amide bonds. The quantitative estimate of drug-likeness (QED) is 0.770. The Morgan fingerprint density at radius 1 is 1.14 bits per heavy atom. The molecule has 108 valence electrons. The van der Waals surface area contributed by atoms with E-state index in [1.54, 1.807) is 11.3 Å². The second kappa shape index (κ2) is 5.65. The molecule has 0 aliphatic carbocycles. The van der Waals surface area contributed by atoms with Gasteiger partial charge in [0.25, 0.3) is 0 Å². The van der Waals surface area contributed by atoms with E-state index in [0.29, 0.717) is 5.95 Å². The Bertz CT molecular complexity index is 768. The first-order valence-electron chi connectivity index (χ1n) is 6.80. The average molecular weight is 299 g/mol. The zero-order chi connectivity index (χ0) is 14.8. The van der Waals surface area contributed by atoms with E-state index in [-0.39, 0.29) is 6.04 Å². The number of aromatic nitrogens is 3. The number of thiazole rings is 1. The highest BCUT2D eigenvalue weighted by Crippen LogP contribution is 2.27. The Morgan fingerprint density at radius 2 is 1.95 bits per heavy atom. The predicted octanol–water partition coefficient (Wildman–Crippen LogP) is 3.61. The Morgan fingerprint density at radius 3 is 2.67 bits per heavy atom. The fraction of sp³-hybridized carbons (Fsp3) is 0.267. The predicted molar refractivity (Wildman–Crippen MR) is 88.0 cm³/mol. The number of nitrogens with zero attached hydrogens (tertiary/aromatic N) is 3. The van der Waals surface area contributed by atoms with Gasteiger partial charge in [-0.25, -0.2) is 9.97 Å². The van der Waals surface area contributed by atoms with Gasteiger partial charge in [0.1, 0.15) is 10.8 Å². The summed E-state index contributed by atoms with van der Waals surface area (Å²) in [6.07, 6.45) is 0. The van der Waals surface area contributed by atoms with E-state index in [1.165, 1.54) is 0 Å². The minimum atomic E-state index is 0.103.